The lowest BCUT2D eigenvalue weighted by Crippen LogP contribution is -2.34. The van der Waals surface area contributed by atoms with Crippen LogP contribution in [-0.2, 0) is 6.54 Å². The maximum atomic E-state index is 12.6. The van der Waals surface area contributed by atoms with Gasteiger partial charge in [-0.1, -0.05) is 20.8 Å². The molecule has 3 nitrogen and oxygen atoms in total. The third-order valence-electron chi connectivity index (χ3n) is 3.35. The van der Waals surface area contributed by atoms with Gasteiger partial charge in [-0.15, -0.1) is 11.3 Å². The first-order valence-corrected chi connectivity index (χ1v) is 8.15. The summed E-state index contributed by atoms with van der Waals surface area (Å²) >= 11 is 1.37. The average Bonchev–Trinajstić information content (AvgIpc) is 2.84. The van der Waals surface area contributed by atoms with E-state index in [9.17, 15) is 13.2 Å². The van der Waals surface area contributed by atoms with Crippen molar-refractivity contribution >= 4 is 16.5 Å². The number of aromatic nitrogens is 1. The van der Waals surface area contributed by atoms with Gasteiger partial charge in [0.2, 0.25) is 0 Å². The van der Waals surface area contributed by atoms with Gasteiger partial charge in [-0.25, -0.2) is 4.98 Å². The summed E-state index contributed by atoms with van der Waals surface area (Å²) in [6.45, 7) is 8.70. The summed E-state index contributed by atoms with van der Waals surface area (Å²) in [6.07, 6.45) is -3.28. The zero-order chi connectivity index (χ0) is 16.0. The predicted octanol–water partition coefficient (Wildman–Crippen LogP) is 4.15. The van der Waals surface area contributed by atoms with Gasteiger partial charge in [0, 0.05) is 18.0 Å². The van der Waals surface area contributed by atoms with Gasteiger partial charge in [-0.3, -0.25) is 0 Å². The molecule has 0 spiro atoms. The minimum atomic E-state index is -4.21. The fourth-order valence-electron chi connectivity index (χ4n) is 1.96. The Morgan fingerprint density at radius 3 is 2.43 bits per heavy atom. The van der Waals surface area contributed by atoms with Gasteiger partial charge in [-0.2, -0.15) is 13.2 Å². The van der Waals surface area contributed by atoms with Crippen LogP contribution in [0, 0.1) is 0 Å². The molecule has 0 radical (unpaired) electrons. The number of anilines is 1. The van der Waals surface area contributed by atoms with Gasteiger partial charge in [0.25, 0.3) is 0 Å². The number of alkyl halides is 3. The fraction of sp³-hybridized carbons (Fsp3) is 0.786. The predicted molar refractivity (Wildman–Crippen MR) is 82.1 cm³/mol. The second-order valence-corrected chi connectivity index (χ2v) is 6.09. The lowest BCUT2D eigenvalue weighted by atomic mass is 10.0. The van der Waals surface area contributed by atoms with Crippen molar-refractivity contribution in [3.63, 3.8) is 0 Å². The van der Waals surface area contributed by atoms with Crippen molar-refractivity contribution in [2.45, 2.75) is 52.8 Å². The molecule has 0 aromatic carbocycles. The monoisotopic (exact) mass is 323 g/mol. The van der Waals surface area contributed by atoms with Crippen molar-refractivity contribution in [2.24, 2.45) is 0 Å². The lowest BCUT2D eigenvalue weighted by Gasteiger charge is -2.21. The van der Waals surface area contributed by atoms with Crippen LogP contribution >= 0.6 is 11.3 Å². The molecule has 0 amide bonds. The summed E-state index contributed by atoms with van der Waals surface area (Å²) in [5.41, 5.74) is 0.930. The molecule has 122 valence electrons. The van der Waals surface area contributed by atoms with E-state index < -0.39 is 12.7 Å². The molecule has 1 heterocycles. The lowest BCUT2D eigenvalue weighted by molar-refractivity contribution is -0.119. The van der Waals surface area contributed by atoms with E-state index in [-0.39, 0.29) is 5.92 Å². The Morgan fingerprint density at radius 1 is 1.29 bits per heavy atom. The van der Waals surface area contributed by atoms with Crippen LogP contribution in [-0.4, -0.2) is 30.8 Å². The molecular weight excluding hydrogens is 299 g/mol. The SMILES string of the molecule is CCNCc1sc(N(CC)CC(F)(F)F)nc1C(C)CC. The quantitative estimate of drug-likeness (QED) is 0.779. The summed E-state index contributed by atoms with van der Waals surface area (Å²) < 4.78 is 37.9. The van der Waals surface area contributed by atoms with E-state index >= 15 is 0 Å². The molecule has 1 aromatic rings. The minimum Gasteiger partial charge on any atom is -0.339 e. The molecule has 0 aliphatic carbocycles. The van der Waals surface area contributed by atoms with E-state index in [0.717, 1.165) is 23.5 Å². The average molecular weight is 323 g/mol. The molecule has 0 bridgehead atoms. The van der Waals surface area contributed by atoms with Crippen LogP contribution < -0.4 is 10.2 Å². The molecule has 1 aromatic heterocycles. The first-order chi connectivity index (χ1) is 9.82. The van der Waals surface area contributed by atoms with E-state index in [1.165, 1.54) is 16.2 Å². The molecule has 1 rings (SSSR count). The normalized spacial score (nSPS) is 13.5. The van der Waals surface area contributed by atoms with E-state index in [0.29, 0.717) is 18.2 Å². The number of halogens is 3. The molecule has 21 heavy (non-hydrogen) atoms. The third-order valence-corrected chi connectivity index (χ3v) is 4.49. The number of rotatable bonds is 8. The molecule has 0 fully saturated rings. The zero-order valence-corrected chi connectivity index (χ0v) is 13.9. The maximum Gasteiger partial charge on any atom is 0.406 e. The Bertz CT molecular complexity index is 432. The summed E-state index contributed by atoms with van der Waals surface area (Å²) in [6, 6.07) is 0. The van der Waals surface area contributed by atoms with Gasteiger partial charge < -0.3 is 10.2 Å². The van der Waals surface area contributed by atoms with Crippen LogP contribution in [0.25, 0.3) is 0 Å². The Balaban J connectivity index is 3.03. The van der Waals surface area contributed by atoms with Crippen molar-refractivity contribution < 1.29 is 13.2 Å². The van der Waals surface area contributed by atoms with Crippen molar-refractivity contribution in [1.82, 2.24) is 10.3 Å². The minimum absolute atomic E-state index is 0.258. The molecule has 0 aliphatic rings. The maximum absolute atomic E-state index is 12.6. The standard InChI is InChI=1S/C14H24F3N3S/c1-5-10(4)12-11(8-18-6-2)21-13(19-12)20(7-3)9-14(15,16)17/h10,18H,5-9H2,1-4H3. The van der Waals surface area contributed by atoms with Crippen molar-refractivity contribution in [2.75, 3.05) is 24.5 Å². The first kappa shape index (κ1) is 18.2. The van der Waals surface area contributed by atoms with Gasteiger partial charge in [0.1, 0.15) is 6.54 Å². The Labute approximate surface area is 128 Å². The van der Waals surface area contributed by atoms with Gasteiger partial charge in [0.15, 0.2) is 5.13 Å². The molecular formula is C14H24F3N3S. The summed E-state index contributed by atoms with van der Waals surface area (Å²) in [5.74, 6) is 0.258. The molecule has 1 N–H and O–H groups in total. The Morgan fingerprint density at radius 2 is 1.95 bits per heavy atom. The molecule has 0 aliphatic heterocycles. The molecule has 0 saturated carbocycles. The van der Waals surface area contributed by atoms with Crippen LogP contribution in [0.3, 0.4) is 0 Å². The van der Waals surface area contributed by atoms with Gasteiger partial charge >= 0.3 is 6.18 Å². The van der Waals surface area contributed by atoms with Crippen molar-refractivity contribution in [1.29, 1.82) is 0 Å². The first-order valence-electron chi connectivity index (χ1n) is 7.34. The zero-order valence-electron chi connectivity index (χ0n) is 13.0. The highest BCUT2D eigenvalue weighted by Gasteiger charge is 2.32. The molecule has 0 saturated heterocycles. The Hall–Kier alpha value is -0.820. The number of thiazole rings is 1. The third kappa shape index (κ3) is 5.47. The highest BCUT2D eigenvalue weighted by Crippen LogP contribution is 2.33. The topological polar surface area (TPSA) is 28.2 Å². The highest BCUT2D eigenvalue weighted by molar-refractivity contribution is 7.15. The van der Waals surface area contributed by atoms with Crippen LogP contribution in [0.2, 0.25) is 0 Å². The molecule has 1 atom stereocenters. The summed E-state index contributed by atoms with van der Waals surface area (Å²) in [7, 11) is 0. The van der Waals surface area contributed by atoms with Gasteiger partial charge in [0.05, 0.1) is 5.69 Å². The number of nitrogens with one attached hydrogen (secondary N) is 1. The van der Waals surface area contributed by atoms with E-state index in [4.69, 9.17) is 0 Å². The highest BCUT2D eigenvalue weighted by atomic mass is 32.1. The summed E-state index contributed by atoms with van der Waals surface area (Å²) in [5, 5.41) is 3.70. The van der Waals surface area contributed by atoms with E-state index in [1.54, 1.807) is 6.92 Å². The van der Waals surface area contributed by atoms with Crippen LogP contribution in [0.15, 0.2) is 0 Å². The number of nitrogens with zero attached hydrogens (tertiary/aromatic N) is 2. The Kier molecular flexibility index (Phi) is 6.93. The second-order valence-electron chi connectivity index (χ2n) is 5.02. The molecule has 7 heteroatoms. The van der Waals surface area contributed by atoms with Crippen LogP contribution in [0.1, 0.15) is 50.6 Å². The van der Waals surface area contributed by atoms with Crippen LogP contribution in [0.4, 0.5) is 18.3 Å². The smallest absolute Gasteiger partial charge is 0.339 e. The number of hydrogen-bond donors (Lipinski definition) is 1. The summed E-state index contributed by atoms with van der Waals surface area (Å²) in [4.78, 5) is 6.83. The number of hydrogen-bond acceptors (Lipinski definition) is 4. The van der Waals surface area contributed by atoms with Crippen molar-refractivity contribution in [3.8, 4) is 0 Å². The second kappa shape index (κ2) is 7.98. The van der Waals surface area contributed by atoms with E-state index in [2.05, 4.69) is 24.1 Å². The fourth-order valence-corrected chi connectivity index (χ4v) is 3.17. The largest absolute Gasteiger partial charge is 0.406 e. The van der Waals surface area contributed by atoms with E-state index in [1.807, 2.05) is 6.92 Å². The van der Waals surface area contributed by atoms with Crippen molar-refractivity contribution in [3.05, 3.63) is 10.6 Å². The van der Waals surface area contributed by atoms with Gasteiger partial charge in [-0.05, 0) is 25.8 Å². The molecule has 1 unspecified atom stereocenters. The van der Waals surface area contributed by atoms with Crippen LogP contribution in [0.5, 0.6) is 0 Å².